The zero-order valence-electron chi connectivity index (χ0n) is 12.8. The smallest absolute Gasteiger partial charge is 0.149 e. The Bertz CT molecular complexity index is 606. The minimum atomic E-state index is 0.117. The zero-order valence-corrected chi connectivity index (χ0v) is 12.8. The number of nitrogens with one attached hydrogen (secondary N) is 1. The lowest BCUT2D eigenvalue weighted by molar-refractivity contribution is 0.346. The van der Waals surface area contributed by atoms with Crippen molar-refractivity contribution >= 4 is 0 Å². The number of nitrogens with zero attached hydrogens (tertiary/aromatic N) is 3. The molecule has 1 atom stereocenters. The third-order valence-corrected chi connectivity index (χ3v) is 3.18. The molecule has 1 unspecified atom stereocenters. The first-order valence-electron chi connectivity index (χ1n) is 7.00. The summed E-state index contributed by atoms with van der Waals surface area (Å²) in [4.78, 5) is 0. The average Bonchev–Trinajstić information content (AvgIpc) is 2.89. The molecule has 2 rings (SSSR count). The summed E-state index contributed by atoms with van der Waals surface area (Å²) >= 11 is 0. The molecule has 0 fully saturated rings. The van der Waals surface area contributed by atoms with E-state index in [1.165, 1.54) is 0 Å². The maximum Gasteiger partial charge on any atom is 0.149 e. The van der Waals surface area contributed by atoms with Crippen molar-refractivity contribution in [1.29, 1.82) is 0 Å². The number of rotatable bonds is 7. The highest BCUT2D eigenvalue weighted by Crippen LogP contribution is 2.19. The van der Waals surface area contributed by atoms with Gasteiger partial charge in [0.2, 0.25) is 0 Å². The molecule has 0 aliphatic carbocycles. The molecule has 0 aliphatic heterocycles. The van der Waals surface area contributed by atoms with Gasteiger partial charge in [0.25, 0.3) is 0 Å². The van der Waals surface area contributed by atoms with Crippen molar-refractivity contribution < 1.29 is 4.74 Å². The molecule has 0 spiro atoms. The summed E-state index contributed by atoms with van der Waals surface area (Å²) in [5, 5.41) is 11.5. The summed E-state index contributed by atoms with van der Waals surface area (Å²) in [5.74, 6) is 1.80. The Kier molecular flexibility index (Phi) is 5.11. The second-order valence-corrected chi connectivity index (χ2v) is 5.26. The molecular weight excluding hydrogens is 264 g/mol. The third-order valence-electron chi connectivity index (χ3n) is 3.18. The maximum atomic E-state index is 5.77. The number of benzene rings is 1. The summed E-state index contributed by atoms with van der Waals surface area (Å²) < 4.78 is 7.69. The molecule has 1 N–H and O–H groups in total. The summed E-state index contributed by atoms with van der Waals surface area (Å²) in [5.41, 5.74) is 2.12. The van der Waals surface area contributed by atoms with E-state index < -0.39 is 0 Å². The Morgan fingerprint density at radius 1 is 1.43 bits per heavy atom. The normalized spacial score (nSPS) is 12.1. The Labute approximate surface area is 125 Å². The van der Waals surface area contributed by atoms with Gasteiger partial charge in [-0.25, -0.2) is 0 Å². The molecule has 5 heteroatoms. The van der Waals surface area contributed by atoms with Crippen LogP contribution in [-0.2, 0) is 13.6 Å². The standard InChI is InChI=1S/C16H22N4O/c1-12(2)10-21-15-8-6-5-7-14(15)9-17-13(3)16-19-18-11-20(16)4/h5-8,11,13,17H,1,9-10H2,2-4H3. The van der Waals surface area contributed by atoms with Crippen molar-refractivity contribution in [3.8, 4) is 5.75 Å². The van der Waals surface area contributed by atoms with Crippen molar-refractivity contribution in [1.82, 2.24) is 20.1 Å². The molecule has 1 aromatic heterocycles. The third kappa shape index (κ3) is 4.16. The second kappa shape index (κ2) is 7.04. The van der Waals surface area contributed by atoms with E-state index in [-0.39, 0.29) is 6.04 Å². The van der Waals surface area contributed by atoms with Crippen LogP contribution in [0.4, 0.5) is 0 Å². The van der Waals surface area contributed by atoms with Crippen molar-refractivity contribution in [2.75, 3.05) is 6.61 Å². The molecule has 1 heterocycles. The fraction of sp³-hybridized carbons (Fsp3) is 0.375. The van der Waals surface area contributed by atoms with Gasteiger partial charge in [-0.3, -0.25) is 0 Å². The van der Waals surface area contributed by atoms with Crippen LogP contribution < -0.4 is 10.1 Å². The molecule has 0 saturated heterocycles. The quantitative estimate of drug-likeness (QED) is 0.795. The van der Waals surface area contributed by atoms with E-state index in [4.69, 9.17) is 4.74 Å². The second-order valence-electron chi connectivity index (χ2n) is 5.26. The first-order valence-corrected chi connectivity index (χ1v) is 7.00. The molecule has 2 aromatic rings. The van der Waals surface area contributed by atoms with Gasteiger partial charge in [0.05, 0.1) is 6.04 Å². The monoisotopic (exact) mass is 286 g/mol. The van der Waals surface area contributed by atoms with E-state index >= 15 is 0 Å². The van der Waals surface area contributed by atoms with E-state index in [1.54, 1.807) is 6.33 Å². The lowest BCUT2D eigenvalue weighted by atomic mass is 10.2. The van der Waals surface area contributed by atoms with Gasteiger partial charge in [0.1, 0.15) is 24.5 Å². The van der Waals surface area contributed by atoms with Gasteiger partial charge in [0.15, 0.2) is 0 Å². The average molecular weight is 286 g/mol. The topological polar surface area (TPSA) is 52.0 Å². The van der Waals surface area contributed by atoms with Crippen LogP contribution in [0.15, 0.2) is 42.7 Å². The van der Waals surface area contributed by atoms with E-state index in [0.29, 0.717) is 13.2 Å². The van der Waals surface area contributed by atoms with Crippen LogP contribution in [0.25, 0.3) is 0 Å². The van der Waals surface area contributed by atoms with E-state index in [9.17, 15) is 0 Å². The zero-order chi connectivity index (χ0) is 15.2. The van der Waals surface area contributed by atoms with Gasteiger partial charge in [-0.05, 0) is 25.5 Å². The molecule has 21 heavy (non-hydrogen) atoms. The number of hydrogen-bond acceptors (Lipinski definition) is 4. The number of aromatic nitrogens is 3. The number of hydrogen-bond donors (Lipinski definition) is 1. The lowest BCUT2D eigenvalue weighted by Gasteiger charge is -2.15. The predicted octanol–water partition coefficient (Wildman–Crippen LogP) is 2.62. The van der Waals surface area contributed by atoms with Crippen LogP contribution in [-0.4, -0.2) is 21.4 Å². The maximum absolute atomic E-state index is 5.77. The molecular formula is C16H22N4O. The number of aryl methyl sites for hydroxylation is 1. The summed E-state index contributed by atoms with van der Waals surface area (Å²) in [6.45, 7) is 9.13. The van der Waals surface area contributed by atoms with E-state index in [2.05, 4.69) is 35.1 Å². The highest BCUT2D eigenvalue weighted by Gasteiger charge is 2.11. The molecule has 0 saturated carbocycles. The van der Waals surface area contributed by atoms with Gasteiger partial charge in [-0.15, -0.1) is 10.2 Å². The Morgan fingerprint density at radius 2 is 2.19 bits per heavy atom. The van der Waals surface area contributed by atoms with Crippen molar-refractivity contribution in [2.45, 2.75) is 26.4 Å². The van der Waals surface area contributed by atoms with Gasteiger partial charge in [-0.2, -0.15) is 0 Å². The molecule has 0 aliphatic rings. The van der Waals surface area contributed by atoms with Crippen LogP contribution in [0, 0.1) is 0 Å². The fourth-order valence-electron chi connectivity index (χ4n) is 2.03. The lowest BCUT2D eigenvalue weighted by Crippen LogP contribution is -2.21. The summed E-state index contributed by atoms with van der Waals surface area (Å²) in [6.07, 6.45) is 1.71. The summed E-state index contributed by atoms with van der Waals surface area (Å²) in [6, 6.07) is 8.14. The first kappa shape index (κ1) is 15.3. The van der Waals surface area contributed by atoms with E-state index in [1.807, 2.05) is 36.7 Å². The van der Waals surface area contributed by atoms with Gasteiger partial charge >= 0.3 is 0 Å². The minimum absolute atomic E-state index is 0.117. The van der Waals surface area contributed by atoms with Gasteiger partial charge in [-0.1, -0.05) is 24.8 Å². The molecule has 0 radical (unpaired) electrons. The van der Waals surface area contributed by atoms with E-state index in [0.717, 1.165) is 22.7 Å². The highest BCUT2D eigenvalue weighted by molar-refractivity contribution is 5.33. The Hall–Kier alpha value is -2.14. The van der Waals surface area contributed by atoms with Crippen molar-refractivity contribution in [3.05, 3.63) is 54.1 Å². The Balaban J connectivity index is 1.99. The SMILES string of the molecule is C=C(C)COc1ccccc1CNC(C)c1nncn1C. The number of para-hydroxylation sites is 1. The first-order chi connectivity index (χ1) is 10.1. The van der Waals surface area contributed by atoms with Crippen LogP contribution in [0.3, 0.4) is 0 Å². The highest BCUT2D eigenvalue weighted by atomic mass is 16.5. The largest absolute Gasteiger partial charge is 0.489 e. The predicted molar refractivity (Wildman–Crippen MR) is 83.0 cm³/mol. The summed E-state index contributed by atoms with van der Waals surface area (Å²) in [7, 11) is 1.94. The van der Waals surface area contributed by atoms with Crippen LogP contribution >= 0.6 is 0 Å². The van der Waals surface area contributed by atoms with Gasteiger partial charge < -0.3 is 14.6 Å². The fourth-order valence-corrected chi connectivity index (χ4v) is 2.03. The molecule has 5 nitrogen and oxygen atoms in total. The molecule has 0 bridgehead atoms. The van der Waals surface area contributed by atoms with Crippen molar-refractivity contribution in [2.24, 2.45) is 7.05 Å². The Morgan fingerprint density at radius 3 is 2.86 bits per heavy atom. The number of ether oxygens (including phenoxy) is 1. The van der Waals surface area contributed by atoms with Crippen molar-refractivity contribution in [3.63, 3.8) is 0 Å². The molecule has 1 aromatic carbocycles. The molecule has 0 amide bonds. The van der Waals surface area contributed by atoms with Crippen LogP contribution in [0.5, 0.6) is 5.75 Å². The van der Waals surface area contributed by atoms with Crippen LogP contribution in [0.2, 0.25) is 0 Å². The van der Waals surface area contributed by atoms with Gasteiger partial charge in [0, 0.05) is 19.2 Å². The minimum Gasteiger partial charge on any atom is -0.489 e. The van der Waals surface area contributed by atoms with Crippen LogP contribution in [0.1, 0.15) is 31.3 Å². The molecule has 112 valence electrons.